The van der Waals surface area contributed by atoms with Crippen molar-refractivity contribution in [2.24, 2.45) is 12.8 Å². The van der Waals surface area contributed by atoms with Crippen molar-refractivity contribution in [2.75, 3.05) is 30.8 Å². The van der Waals surface area contributed by atoms with E-state index in [2.05, 4.69) is 35.7 Å². The van der Waals surface area contributed by atoms with Crippen LogP contribution >= 0.6 is 0 Å². The standard InChI is InChI=1S/C38H41F2N11O2S/c1-22(2)53-35-33(25(18-41)19-42)44-21-51-37(35)46-38(48-51)45-31-11-8-27(17-30(31)39)54(52)26-7-5-6-23(16-26)20-50-14-12-24(13-15-50)28-9-10-29-34(32(28)40)49(4)47-36(29)43-3/h5-11,16-19,21-22,24,41H,12-15,20,42H2,1-4H3,(H,43,47)(H,45,48)/b25-19+,41-18?. The maximum absolute atomic E-state index is 15.7. The van der Waals surface area contributed by atoms with Crippen LogP contribution in [0.25, 0.3) is 22.1 Å². The molecular formula is C38H41F2N11O2S. The molecule has 13 nitrogen and oxygen atoms in total. The fraction of sp³-hybridized carbons (Fsp3) is 0.289. The highest BCUT2D eigenvalue weighted by molar-refractivity contribution is 7.85. The summed E-state index contributed by atoms with van der Waals surface area (Å²) in [5.41, 5.74) is 8.99. The Morgan fingerprint density at radius 3 is 2.59 bits per heavy atom. The third-order valence-corrected chi connectivity index (χ3v) is 10.8. The molecule has 0 bridgehead atoms. The number of allylic oxidation sites excluding steroid dienone is 1. The molecule has 1 atom stereocenters. The van der Waals surface area contributed by atoms with Crippen LogP contribution in [-0.2, 0) is 24.4 Å². The molecule has 54 heavy (non-hydrogen) atoms. The van der Waals surface area contributed by atoms with Crippen LogP contribution < -0.4 is 21.1 Å². The minimum absolute atomic E-state index is 0.0860. The normalized spacial score (nSPS) is 14.9. The number of halogens is 2. The molecular weight excluding hydrogens is 713 g/mol. The molecule has 1 fully saturated rings. The second kappa shape index (κ2) is 15.3. The zero-order chi connectivity index (χ0) is 38.1. The fourth-order valence-corrected chi connectivity index (χ4v) is 8.00. The summed E-state index contributed by atoms with van der Waals surface area (Å²) in [5.74, 6) is 0.297. The van der Waals surface area contributed by atoms with E-state index in [9.17, 15) is 4.21 Å². The van der Waals surface area contributed by atoms with E-state index in [4.69, 9.17) is 15.9 Å². The van der Waals surface area contributed by atoms with Gasteiger partial charge in [0, 0.05) is 53.8 Å². The van der Waals surface area contributed by atoms with Gasteiger partial charge in [0.15, 0.2) is 17.4 Å². The van der Waals surface area contributed by atoms with Crippen LogP contribution in [0.4, 0.5) is 26.2 Å². The number of hydrogen-bond donors (Lipinski definition) is 4. The summed E-state index contributed by atoms with van der Waals surface area (Å²) in [5, 5.41) is 23.1. The quantitative estimate of drug-likeness (QED) is 0.104. The molecule has 0 saturated carbocycles. The Morgan fingerprint density at radius 1 is 1.11 bits per heavy atom. The second-order valence-electron chi connectivity index (χ2n) is 13.4. The lowest BCUT2D eigenvalue weighted by Crippen LogP contribution is -2.32. The van der Waals surface area contributed by atoms with Crippen LogP contribution in [0.15, 0.2) is 76.9 Å². The van der Waals surface area contributed by atoms with Gasteiger partial charge in [0.25, 0.3) is 0 Å². The van der Waals surface area contributed by atoms with Crippen molar-refractivity contribution in [3.8, 4) is 5.75 Å². The molecule has 3 aromatic carbocycles. The van der Waals surface area contributed by atoms with E-state index in [1.165, 1.54) is 29.2 Å². The summed E-state index contributed by atoms with van der Waals surface area (Å²) in [6.07, 6.45) is 5.13. The van der Waals surface area contributed by atoms with Gasteiger partial charge in [0.1, 0.15) is 23.4 Å². The smallest absolute Gasteiger partial charge is 0.247 e. The van der Waals surface area contributed by atoms with Gasteiger partial charge in [-0.1, -0.05) is 18.2 Å². The Balaban J connectivity index is 1.02. The van der Waals surface area contributed by atoms with Crippen LogP contribution in [0.3, 0.4) is 0 Å². The number of nitrogens with zero attached hydrogens (tertiary/aromatic N) is 7. The van der Waals surface area contributed by atoms with Gasteiger partial charge in [0.2, 0.25) is 11.6 Å². The number of nitrogens with two attached hydrogens (primary N) is 1. The monoisotopic (exact) mass is 753 g/mol. The third kappa shape index (κ3) is 7.13. The molecule has 7 rings (SSSR count). The average molecular weight is 754 g/mol. The average Bonchev–Trinajstić information content (AvgIpc) is 3.74. The molecule has 1 aliphatic heterocycles. The van der Waals surface area contributed by atoms with Gasteiger partial charge in [-0.05, 0) is 93.2 Å². The molecule has 0 radical (unpaired) electrons. The highest BCUT2D eigenvalue weighted by Crippen LogP contribution is 2.36. The number of piperidine rings is 1. The second-order valence-corrected chi connectivity index (χ2v) is 14.9. The van der Waals surface area contributed by atoms with E-state index in [1.54, 1.807) is 30.9 Å². The minimum atomic E-state index is -1.64. The predicted molar refractivity (Wildman–Crippen MR) is 206 cm³/mol. The number of anilines is 3. The van der Waals surface area contributed by atoms with Crippen LogP contribution in [0.2, 0.25) is 0 Å². The summed E-state index contributed by atoms with van der Waals surface area (Å²) in [4.78, 5) is 12.0. The van der Waals surface area contributed by atoms with Crippen molar-refractivity contribution in [1.82, 2.24) is 34.3 Å². The van der Waals surface area contributed by atoms with Crippen molar-refractivity contribution in [2.45, 2.75) is 55.0 Å². The number of hydrogen-bond acceptors (Lipinski definition) is 11. The number of fused-ring (bicyclic) bond motifs is 2. The van der Waals surface area contributed by atoms with Gasteiger partial charge in [-0.3, -0.25) is 9.58 Å². The fourth-order valence-electron chi connectivity index (χ4n) is 6.86. The molecule has 1 aliphatic rings. The third-order valence-electron chi connectivity index (χ3n) is 9.47. The molecule has 3 aromatic heterocycles. The van der Waals surface area contributed by atoms with E-state index in [1.807, 2.05) is 44.2 Å². The largest absolute Gasteiger partial charge is 0.485 e. The number of rotatable bonds is 12. The molecule has 0 amide bonds. The predicted octanol–water partition coefficient (Wildman–Crippen LogP) is 6.36. The Hall–Kier alpha value is -5.74. The van der Waals surface area contributed by atoms with Crippen LogP contribution in [-0.4, -0.2) is 70.9 Å². The molecule has 280 valence electrons. The molecule has 1 unspecified atom stereocenters. The first kappa shape index (κ1) is 36.6. The van der Waals surface area contributed by atoms with E-state index >= 15 is 8.78 Å². The van der Waals surface area contributed by atoms with E-state index in [0.717, 1.165) is 48.7 Å². The summed E-state index contributed by atoms with van der Waals surface area (Å²) in [6, 6.07) is 15.7. The maximum Gasteiger partial charge on any atom is 0.247 e. The molecule has 16 heteroatoms. The molecule has 6 aromatic rings. The van der Waals surface area contributed by atoms with Crippen LogP contribution in [0, 0.1) is 17.0 Å². The topological polar surface area (TPSA) is 164 Å². The van der Waals surface area contributed by atoms with E-state index in [-0.39, 0.29) is 35.2 Å². The first-order valence-corrected chi connectivity index (χ1v) is 18.7. The first-order valence-electron chi connectivity index (χ1n) is 17.6. The maximum atomic E-state index is 15.7. The van der Waals surface area contributed by atoms with Gasteiger partial charge in [-0.25, -0.2) is 18.0 Å². The summed E-state index contributed by atoms with van der Waals surface area (Å²) >= 11 is 0. The lowest BCUT2D eigenvalue weighted by Gasteiger charge is -2.32. The SMILES string of the molecule is CNc1nn(C)c2c(F)c(C3CCN(Cc4cccc(S(=O)c5ccc(Nc6nc7c(OC(C)C)c(/C(C=N)=C/N)ncn7n6)c(F)c5)c4)CC3)ccc12. The molecule has 5 N–H and O–H groups in total. The zero-order valence-electron chi connectivity index (χ0n) is 30.3. The van der Waals surface area contributed by atoms with Crippen molar-refractivity contribution >= 4 is 56.6 Å². The molecule has 4 heterocycles. The lowest BCUT2D eigenvalue weighted by molar-refractivity contribution is 0.203. The first-order chi connectivity index (χ1) is 26.1. The summed E-state index contributed by atoms with van der Waals surface area (Å²) in [6.45, 7) is 5.93. The number of likely N-dealkylation sites (tertiary alicyclic amines) is 1. The zero-order valence-corrected chi connectivity index (χ0v) is 31.1. The Kier molecular flexibility index (Phi) is 10.4. The van der Waals surface area contributed by atoms with Gasteiger partial charge in [-0.15, -0.1) is 5.10 Å². The number of aromatic nitrogens is 6. The number of ether oxygens (including phenoxy) is 1. The molecule has 1 saturated heterocycles. The number of benzene rings is 3. The lowest BCUT2D eigenvalue weighted by atomic mass is 9.88. The van der Waals surface area contributed by atoms with Crippen molar-refractivity contribution in [1.29, 1.82) is 5.41 Å². The molecule has 0 spiro atoms. The highest BCUT2D eigenvalue weighted by Gasteiger charge is 2.26. The molecule has 0 aliphatic carbocycles. The van der Waals surface area contributed by atoms with E-state index < -0.39 is 16.6 Å². The summed E-state index contributed by atoms with van der Waals surface area (Å²) < 4.78 is 53.8. The minimum Gasteiger partial charge on any atom is -0.485 e. The van der Waals surface area contributed by atoms with Gasteiger partial charge >= 0.3 is 0 Å². The highest BCUT2D eigenvalue weighted by atomic mass is 32.2. The Bertz CT molecular complexity index is 2420. The van der Waals surface area contributed by atoms with Crippen LogP contribution in [0.5, 0.6) is 5.75 Å². The number of nitrogens with one attached hydrogen (secondary N) is 3. The Labute approximate surface area is 313 Å². The Morgan fingerprint density at radius 2 is 1.89 bits per heavy atom. The van der Waals surface area contributed by atoms with E-state index in [0.29, 0.717) is 44.6 Å². The van der Waals surface area contributed by atoms with Gasteiger partial charge in [-0.2, -0.15) is 14.6 Å². The number of aryl methyl sites for hydroxylation is 1. The van der Waals surface area contributed by atoms with Crippen LogP contribution in [0.1, 0.15) is 49.4 Å². The summed E-state index contributed by atoms with van der Waals surface area (Å²) in [7, 11) is 1.90. The van der Waals surface area contributed by atoms with Gasteiger partial charge < -0.3 is 26.5 Å². The van der Waals surface area contributed by atoms with Crippen molar-refractivity contribution in [3.63, 3.8) is 0 Å². The van der Waals surface area contributed by atoms with Gasteiger partial charge in [0.05, 0.1) is 22.6 Å². The van der Waals surface area contributed by atoms with Crippen molar-refractivity contribution < 1.29 is 17.7 Å². The van der Waals surface area contributed by atoms with Crippen molar-refractivity contribution in [3.05, 3.63) is 95.6 Å².